The van der Waals surface area contributed by atoms with Gasteiger partial charge in [-0.05, 0) is 12.1 Å². The first kappa shape index (κ1) is 19.3. The number of benzene rings is 2. The van der Waals surface area contributed by atoms with Crippen molar-refractivity contribution in [3.8, 4) is 23.7 Å². The summed E-state index contributed by atoms with van der Waals surface area (Å²) < 4.78 is 60.1. The molecule has 8 heteroatoms. The molecule has 0 fully saturated rings. The molecule has 2 aromatic carbocycles. The lowest BCUT2D eigenvalue weighted by Gasteiger charge is -2.07. The second-order valence-electron chi connectivity index (χ2n) is 4.78. The van der Waals surface area contributed by atoms with Gasteiger partial charge in [-0.3, -0.25) is 0 Å². The first-order valence-corrected chi connectivity index (χ1v) is 7.15. The van der Waals surface area contributed by atoms with E-state index in [0.29, 0.717) is 0 Å². The molecule has 0 saturated carbocycles. The third-order valence-corrected chi connectivity index (χ3v) is 3.05. The molecule has 0 aliphatic carbocycles. The van der Waals surface area contributed by atoms with Crippen molar-refractivity contribution in [1.29, 1.82) is 5.26 Å². The number of nitriles is 1. The van der Waals surface area contributed by atoms with E-state index in [1.807, 2.05) is 0 Å². The molecule has 26 heavy (non-hydrogen) atoms. The summed E-state index contributed by atoms with van der Waals surface area (Å²) in [5, 5.41) is 8.60. The molecule has 2 aromatic rings. The van der Waals surface area contributed by atoms with Gasteiger partial charge in [0, 0.05) is 17.7 Å². The van der Waals surface area contributed by atoms with Crippen LogP contribution < -0.4 is 4.74 Å². The lowest BCUT2D eigenvalue weighted by atomic mass is 10.1. The molecule has 0 aliphatic heterocycles. The molecule has 0 amide bonds. The molecule has 0 N–H and O–H groups in total. The Kier molecular flexibility index (Phi) is 6.56. The van der Waals surface area contributed by atoms with E-state index < -0.39 is 34.4 Å². The topological polar surface area (TPSA) is 51.5 Å². The van der Waals surface area contributed by atoms with Crippen LogP contribution in [-0.2, 0) is 9.78 Å². The summed E-state index contributed by atoms with van der Waals surface area (Å²) in [4.78, 5) is 8.88. The Morgan fingerprint density at radius 1 is 0.846 bits per heavy atom. The van der Waals surface area contributed by atoms with Gasteiger partial charge in [-0.15, -0.1) is 0 Å². The minimum absolute atomic E-state index is 0.00153. The van der Waals surface area contributed by atoms with E-state index in [-0.39, 0.29) is 24.5 Å². The van der Waals surface area contributed by atoms with Crippen molar-refractivity contribution in [1.82, 2.24) is 0 Å². The Bertz CT molecular complexity index is 867. The molecule has 0 unspecified atom stereocenters. The van der Waals surface area contributed by atoms with E-state index in [0.717, 1.165) is 24.3 Å². The maximum absolute atomic E-state index is 14.0. The van der Waals surface area contributed by atoms with Gasteiger partial charge in [0.15, 0.2) is 0 Å². The van der Waals surface area contributed by atoms with Crippen LogP contribution in [0, 0.1) is 46.4 Å². The zero-order valence-corrected chi connectivity index (χ0v) is 13.4. The van der Waals surface area contributed by atoms with Crippen molar-refractivity contribution in [3.05, 3.63) is 64.2 Å². The Hall–Kier alpha value is -3.07. The fourth-order valence-electron chi connectivity index (χ4n) is 1.92. The Morgan fingerprint density at radius 2 is 1.42 bits per heavy atom. The second-order valence-corrected chi connectivity index (χ2v) is 4.78. The van der Waals surface area contributed by atoms with Crippen molar-refractivity contribution in [2.45, 2.75) is 0 Å². The lowest BCUT2D eigenvalue weighted by Crippen LogP contribution is -2.06. The van der Waals surface area contributed by atoms with Gasteiger partial charge in [0.05, 0.1) is 12.7 Å². The number of halogens is 4. The van der Waals surface area contributed by atoms with E-state index >= 15 is 0 Å². The van der Waals surface area contributed by atoms with Gasteiger partial charge < -0.3 is 4.74 Å². The molecule has 0 spiro atoms. The van der Waals surface area contributed by atoms with E-state index in [4.69, 9.17) is 10.00 Å². The molecule has 4 nitrogen and oxygen atoms in total. The van der Waals surface area contributed by atoms with Crippen LogP contribution in [0.5, 0.6) is 5.75 Å². The van der Waals surface area contributed by atoms with E-state index in [2.05, 4.69) is 21.6 Å². The van der Waals surface area contributed by atoms with Crippen LogP contribution in [0.1, 0.15) is 16.7 Å². The van der Waals surface area contributed by atoms with Crippen molar-refractivity contribution in [3.63, 3.8) is 0 Å². The number of ether oxygens (including phenoxy) is 1. The van der Waals surface area contributed by atoms with Crippen LogP contribution in [-0.4, -0.2) is 20.3 Å². The highest BCUT2D eigenvalue weighted by atomic mass is 19.1. The second kappa shape index (κ2) is 8.86. The zero-order valence-electron chi connectivity index (χ0n) is 13.4. The summed E-state index contributed by atoms with van der Waals surface area (Å²) in [6.07, 6.45) is 0. The van der Waals surface area contributed by atoms with Crippen LogP contribution in [0.15, 0.2) is 24.3 Å². The third kappa shape index (κ3) is 4.73. The highest BCUT2D eigenvalue weighted by Gasteiger charge is 2.12. The van der Waals surface area contributed by atoms with Gasteiger partial charge in [0.25, 0.3) is 0 Å². The summed E-state index contributed by atoms with van der Waals surface area (Å²) in [7, 11) is 1.30. The summed E-state index contributed by atoms with van der Waals surface area (Å²) in [6, 6.07) is 4.80. The summed E-state index contributed by atoms with van der Waals surface area (Å²) in [6.45, 7) is 0.0542. The molecule has 0 saturated heterocycles. The molecule has 0 heterocycles. The Balaban J connectivity index is 2.24. The first-order valence-electron chi connectivity index (χ1n) is 7.15. The molecule has 0 atom stereocenters. The van der Waals surface area contributed by atoms with Crippen LogP contribution in [0.3, 0.4) is 0 Å². The van der Waals surface area contributed by atoms with Gasteiger partial charge in [0.1, 0.15) is 53.9 Å². The van der Waals surface area contributed by atoms with Crippen molar-refractivity contribution in [2.24, 2.45) is 0 Å². The number of hydrogen-bond donors (Lipinski definition) is 0. The fourth-order valence-corrected chi connectivity index (χ4v) is 1.92. The monoisotopic (exact) mass is 365 g/mol. The number of rotatable bonds is 5. The summed E-state index contributed by atoms with van der Waals surface area (Å²) >= 11 is 0. The molecular formula is C18H11F4NO3. The minimum atomic E-state index is -1.11. The van der Waals surface area contributed by atoms with Crippen LogP contribution in [0.25, 0.3) is 0 Å². The molecule has 0 aromatic heterocycles. The average molecular weight is 365 g/mol. The molecule has 0 radical (unpaired) electrons. The SMILES string of the molecule is COOCCOc1cc(F)c(C#Cc2cc(F)c(C#N)c(F)c2)c(F)c1. The minimum Gasteiger partial charge on any atom is -0.491 e. The Morgan fingerprint density at radius 3 is 1.96 bits per heavy atom. The first-order chi connectivity index (χ1) is 12.5. The lowest BCUT2D eigenvalue weighted by molar-refractivity contribution is -0.274. The third-order valence-electron chi connectivity index (χ3n) is 3.05. The molecule has 2 rings (SSSR count). The largest absolute Gasteiger partial charge is 0.491 e. The summed E-state index contributed by atoms with van der Waals surface area (Å²) in [5.74, 6) is 0.120. The quantitative estimate of drug-likeness (QED) is 0.268. The summed E-state index contributed by atoms with van der Waals surface area (Å²) in [5.41, 5.74) is -1.52. The number of hydrogen-bond acceptors (Lipinski definition) is 4. The van der Waals surface area contributed by atoms with Crippen LogP contribution >= 0.6 is 0 Å². The van der Waals surface area contributed by atoms with Crippen molar-refractivity contribution in [2.75, 3.05) is 20.3 Å². The maximum Gasteiger partial charge on any atom is 0.145 e. The standard InChI is InChI=1S/C18H11F4NO3/c1-24-26-5-4-25-12-8-17(21)13(18(22)9-12)3-2-11-6-15(19)14(10-23)16(20)7-11/h6-9H,4-5H2,1H3. The van der Waals surface area contributed by atoms with Gasteiger partial charge >= 0.3 is 0 Å². The predicted molar refractivity (Wildman–Crippen MR) is 81.9 cm³/mol. The van der Waals surface area contributed by atoms with E-state index in [1.54, 1.807) is 0 Å². The molecular weight excluding hydrogens is 354 g/mol. The fraction of sp³-hybridized carbons (Fsp3) is 0.167. The highest BCUT2D eigenvalue weighted by Crippen LogP contribution is 2.20. The van der Waals surface area contributed by atoms with Crippen molar-refractivity contribution >= 4 is 0 Å². The molecule has 0 aliphatic rings. The van der Waals surface area contributed by atoms with E-state index in [9.17, 15) is 17.6 Å². The van der Waals surface area contributed by atoms with Gasteiger partial charge in [0.2, 0.25) is 0 Å². The smallest absolute Gasteiger partial charge is 0.145 e. The van der Waals surface area contributed by atoms with Gasteiger partial charge in [-0.1, -0.05) is 11.8 Å². The zero-order chi connectivity index (χ0) is 19.1. The molecule has 134 valence electrons. The van der Waals surface area contributed by atoms with Crippen LogP contribution in [0.2, 0.25) is 0 Å². The maximum atomic E-state index is 14.0. The average Bonchev–Trinajstić information content (AvgIpc) is 2.58. The molecule has 0 bridgehead atoms. The number of nitrogens with zero attached hydrogens (tertiary/aromatic N) is 1. The highest BCUT2D eigenvalue weighted by molar-refractivity contribution is 5.48. The van der Waals surface area contributed by atoms with E-state index in [1.165, 1.54) is 13.2 Å². The van der Waals surface area contributed by atoms with Crippen molar-refractivity contribution < 1.29 is 32.1 Å². The predicted octanol–water partition coefficient (Wildman–Crippen LogP) is 3.47. The van der Waals surface area contributed by atoms with Gasteiger partial charge in [-0.2, -0.15) is 5.26 Å². The van der Waals surface area contributed by atoms with Gasteiger partial charge in [-0.25, -0.2) is 27.3 Å². The van der Waals surface area contributed by atoms with Crippen LogP contribution in [0.4, 0.5) is 17.6 Å². The Labute approximate surface area is 146 Å². The normalized spacial score (nSPS) is 10.0.